The zero-order valence-electron chi connectivity index (χ0n) is 7.96. The van der Waals surface area contributed by atoms with Gasteiger partial charge in [0.1, 0.15) is 11.8 Å². The standard InChI is InChI=1S/C10H9BrClNOS/c1-13-9(7-2-3-8(12)14-7)10-6(11)4-5-15-10/h2-5,9,13H,1H3. The smallest absolute Gasteiger partial charge is 0.193 e. The Kier molecular flexibility index (Phi) is 3.51. The number of hydrogen-bond acceptors (Lipinski definition) is 3. The molecule has 1 N–H and O–H groups in total. The lowest BCUT2D eigenvalue weighted by atomic mass is 10.2. The van der Waals surface area contributed by atoms with Crippen LogP contribution in [0.15, 0.2) is 32.5 Å². The minimum Gasteiger partial charge on any atom is -0.448 e. The average molecular weight is 307 g/mol. The summed E-state index contributed by atoms with van der Waals surface area (Å²) in [7, 11) is 1.90. The molecule has 0 amide bonds. The highest BCUT2D eigenvalue weighted by Crippen LogP contribution is 2.34. The Morgan fingerprint density at radius 2 is 2.27 bits per heavy atom. The maximum Gasteiger partial charge on any atom is 0.193 e. The normalized spacial score (nSPS) is 13.0. The highest BCUT2D eigenvalue weighted by Gasteiger charge is 2.19. The molecule has 0 radical (unpaired) electrons. The van der Waals surface area contributed by atoms with Crippen LogP contribution in [0.3, 0.4) is 0 Å². The van der Waals surface area contributed by atoms with Crippen molar-refractivity contribution in [3.8, 4) is 0 Å². The first-order chi connectivity index (χ1) is 7.22. The van der Waals surface area contributed by atoms with E-state index < -0.39 is 0 Å². The third-order valence-electron chi connectivity index (χ3n) is 2.07. The van der Waals surface area contributed by atoms with E-state index in [0.29, 0.717) is 5.22 Å². The van der Waals surface area contributed by atoms with E-state index in [0.717, 1.165) is 10.2 Å². The monoisotopic (exact) mass is 305 g/mol. The second-order valence-corrected chi connectivity index (χ2v) is 5.17. The van der Waals surface area contributed by atoms with Crippen LogP contribution in [0.25, 0.3) is 0 Å². The summed E-state index contributed by atoms with van der Waals surface area (Å²) in [4.78, 5) is 1.18. The SMILES string of the molecule is CNC(c1ccc(Cl)o1)c1sccc1Br. The number of rotatable bonds is 3. The topological polar surface area (TPSA) is 25.2 Å². The summed E-state index contributed by atoms with van der Waals surface area (Å²) in [6.45, 7) is 0. The van der Waals surface area contributed by atoms with Crippen molar-refractivity contribution < 1.29 is 4.42 Å². The van der Waals surface area contributed by atoms with Gasteiger partial charge in [-0.15, -0.1) is 11.3 Å². The Morgan fingerprint density at radius 1 is 1.47 bits per heavy atom. The summed E-state index contributed by atoms with van der Waals surface area (Å²) in [5, 5.41) is 5.65. The molecular weight excluding hydrogens is 298 g/mol. The van der Waals surface area contributed by atoms with E-state index in [9.17, 15) is 0 Å². The third kappa shape index (κ3) is 2.28. The van der Waals surface area contributed by atoms with Crippen LogP contribution < -0.4 is 5.32 Å². The second-order valence-electron chi connectivity index (χ2n) is 3.00. The van der Waals surface area contributed by atoms with Gasteiger partial charge in [-0.2, -0.15) is 0 Å². The molecule has 15 heavy (non-hydrogen) atoms. The molecule has 0 saturated heterocycles. The quantitative estimate of drug-likeness (QED) is 0.925. The zero-order valence-corrected chi connectivity index (χ0v) is 11.1. The summed E-state index contributed by atoms with van der Waals surface area (Å²) in [6, 6.07) is 5.71. The zero-order chi connectivity index (χ0) is 10.8. The maximum absolute atomic E-state index is 5.76. The Morgan fingerprint density at radius 3 is 2.73 bits per heavy atom. The molecule has 0 spiro atoms. The molecule has 80 valence electrons. The first-order valence-electron chi connectivity index (χ1n) is 4.37. The van der Waals surface area contributed by atoms with Gasteiger partial charge in [-0.05, 0) is 58.2 Å². The molecule has 2 rings (SSSR count). The third-order valence-corrected chi connectivity index (χ3v) is 4.21. The van der Waals surface area contributed by atoms with Crippen LogP contribution in [0, 0.1) is 0 Å². The summed E-state index contributed by atoms with van der Waals surface area (Å²) in [5.41, 5.74) is 0. The fourth-order valence-electron chi connectivity index (χ4n) is 1.40. The van der Waals surface area contributed by atoms with E-state index in [1.54, 1.807) is 17.4 Å². The Bertz CT molecular complexity index is 454. The van der Waals surface area contributed by atoms with Gasteiger partial charge in [0.15, 0.2) is 5.22 Å². The van der Waals surface area contributed by atoms with Gasteiger partial charge >= 0.3 is 0 Å². The fourth-order valence-corrected chi connectivity index (χ4v) is 3.27. The summed E-state index contributed by atoms with van der Waals surface area (Å²) in [6.07, 6.45) is 0. The second kappa shape index (κ2) is 4.70. The number of furan rings is 1. The van der Waals surface area contributed by atoms with E-state index in [2.05, 4.69) is 21.2 Å². The molecule has 5 heteroatoms. The van der Waals surface area contributed by atoms with Gasteiger partial charge < -0.3 is 9.73 Å². The van der Waals surface area contributed by atoms with Crippen molar-refractivity contribution >= 4 is 38.9 Å². The molecule has 2 aromatic rings. The number of halogens is 2. The summed E-state index contributed by atoms with van der Waals surface area (Å²) in [5.74, 6) is 0.825. The van der Waals surface area contributed by atoms with Gasteiger partial charge in [0, 0.05) is 9.35 Å². The highest BCUT2D eigenvalue weighted by atomic mass is 79.9. The van der Waals surface area contributed by atoms with Gasteiger partial charge in [-0.3, -0.25) is 0 Å². The van der Waals surface area contributed by atoms with Crippen molar-refractivity contribution in [1.29, 1.82) is 0 Å². The summed E-state index contributed by atoms with van der Waals surface area (Å²) >= 11 is 10.9. The molecular formula is C10H9BrClNOS. The molecule has 0 saturated carbocycles. The molecule has 0 aliphatic carbocycles. The van der Waals surface area contributed by atoms with Gasteiger partial charge in [-0.1, -0.05) is 0 Å². The minimum atomic E-state index is 0.0480. The van der Waals surface area contributed by atoms with Crippen LogP contribution in [0.4, 0.5) is 0 Å². The lowest BCUT2D eigenvalue weighted by molar-refractivity contribution is 0.467. The predicted octanol–water partition coefficient (Wildman–Crippen LogP) is 4.07. The Balaban J connectivity index is 2.36. The van der Waals surface area contributed by atoms with Crippen LogP contribution in [0.5, 0.6) is 0 Å². The van der Waals surface area contributed by atoms with E-state index >= 15 is 0 Å². The van der Waals surface area contributed by atoms with Crippen molar-refractivity contribution in [2.75, 3.05) is 7.05 Å². The molecule has 2 heterocycles. The summed E-state index contributed by atoms with van der Waals surface area (Å²) < 4.78 is 6.49. The van der Waals surface area contributed by atoms with E-state index in [4.69, 9.17) is 16.0 Å². The van der Waals surface area contributed by atoms with Crippen molar-refractivity contribution in [2.24, 2.45) is 0 Å². The molecule has 0 aliphatic heterocycles. The van der Waals surface area contributed by atoms with Gasteiger partial charge in [0.25, 0.3) is 0 Å². The fraction of sp³-hybridized carbons (Fsp3) is 0.200. The molecule has 0 aromatic carbocycles. The number of thiophene rings is 1. The van der Waals surface area contributed by atoms with Gasteiger partial charge in [0.2, 0.25) is 0 Å². The van der Waals surface area contributed by atoms with E-state index in [1.165, 1.54) is 4.88 Å². The lowest BCUT2D eigenvalue weighted by Crippen LogP contribution is -2.16. The average Bonchev–Trinajstić information content (AvgIpc) is 2.79. The molecule has 0 bridgehead atoms. The lowest BCUT2D eigenvalue weighted by Gasteiger charge is -2.12. The highest BCUT2D eigenvalue weighted by molar-refractivity contribution is 9.10. The first kappa shape index (κ1) is 11.2. The van der Waals surface area contributed by atoms with Crippen LogP contribution >= 0.6 is 38.9 Å². The Labute approximate surface area is 105 Å². The van der Waals surface area contributed by atoms with E-state index in [-0.39, 0.29) is 6.04 Å². The first-order valence-corrected chi connectivity index (χ1v) is 6.43. The van der Waals surface area contributed by atoms with Crippen LogP contribution in [-0.2, 0) is 0 Å². The van der Waals surface area contributed by atoms with E-state index in [1.807, 2.05) is 24.6 Å². The molecule has 0 aliphatic rings. The minimum absolute atomic E-state index is 0.0480. The van der Waals surface area contributed by atoms with Crippen LogP contribution in [-0.4, -0.2) is 7.05 Å². The van der Waals surface area contributed by atoms with Crippen LogP contribution in [0.1, 0.15) is 16.7 Å². The van der Waals surface area contributed by atoms with Crippen molar-refractivity contribution in [3.63, 3.8) is 0 Å². The number of nitrogens with one attached hydrogen (secondary N) is 1. The van der Waals surface area contributed by atoms with Crippen molar-refractivity contribution in [3.05, 3.63) is 43.9 Å². The van der Waals surface area contributed by atoms with Crippen LogP contribution in [0.2, 0.25) is 5.22 Å². The molecule has 1 unspecified atom stereocenters. The van der Waals surface area contributed by atoms with Gasteiger partial charge in [-0.25, -0.2) is 0 Å². The number of hydrogen-bond donors (Lipinski definition) is 1. The Hall–Kier alpha value is -0.290. The molecule has 2 nitrogen and oxygen atoms in total. The maximum atomic E-state index is 5.76. The predicted molar refractivity (Wildman–Crippen MR) is 66.6 cm³/mol. The van der Waals surface area contributed by atoms with Gasteiger partial charge in [0.05, 0.1) is 0 Å². The van der Waals surface area contributed by atoms with Crippen molar-refractivity contribution in [2.45, 2.75) is 6.04 Å². The van der Waals surface area contributed by atoms with Crippen molar-refractivity contribution in [1.82, 2.24) is 5.32 Å². The largest absolute Gasteiger partial charge is 0.448 e. The molecule has 2 aromatic heterocycles. The molecule has 0 fully saturated rings. The molecule has 1 atom stereocenters.